The maximum atomic E-state index is 11.7. The number of nitrogens with zero attached hydrogens (tertiary/aromatic N) is 1. The predicted octanol–water partition coefficient (Wildman–Crippen LogP) is 2.61. The molecule has 0 aliphatic heterocycles. The third-order valence-electron chi connectivity index (χ3n) is 4.53. The van der Waals surface area contributed by atoms with Gasteiger partial charge in [0.25, 0.3) is 0 Å². The van der Waals surface area contributed by atoms with Crippen molar-refractivity contribution in [1.82, 2.24) is 9.88 Å². The van der Waals surface area contributed by atoms with Crippen molar-refractivity contribution in [2.75, 3.05) is 13.1 Å². The minimum absolute atomic E-state index is 0.0373. The molecule has 0 fully saturated rings. The Morgan fingerprint density at radius 2 is 1.88 bits per heavy atom. The fraction of sp³-hybridized carbons (Fsp3) is 0.474. The second kappa shape index (κ2) is 8.27. The molecule has 0 aliphatic rings. The molecule has 136 valence electrons. The van der Waals surface area contributed by atoms with Crippen LogP contribution in [0.25, 0.3) is 10.9 Å². The summed E-state index contributed by atoms with van der Waals surface area (Å²) in [6.45, 7) is 9.17. The van der Waals surface area contributed by atoms with Crippen molar-refractivity contribution in [2.45, 2.75) is 46.3 Å². The molecule has 1 heterocycles. The van der Waals surface area contributed by atoms with Crippen LogP contribution in [0.15, 0.2) is 29.1 Å². The van der Waals surface area contributed by atoms with Gasteiger partial charge in [-0.25, -0.2) is 0 Å². The largest absolute Gasteiger partial charge is 0.424 e. The van der Waals surface area contributed by atoms with Crippen LogP contribution in [0, 0.1) is 0 Å². The van der Waals surface area contributed by atoms with E-state index in [1.54, 1.807) is 18.2 Å². The summed E-state index contributed by atoms with van der Waals surface area (Å²) < 4.78 is 5.19. The number of likely N-dealkylation sites (N-methyl/N-ethyl adjacent to an activating group) is 1. The number of rotatable bonds is 7. The molecule has 0 spiro atoms. The van der Waals surface area contributed by atoms with Crippen LogP contribution >= 0.6 is 0 Å². The van der Waals surface area contributed by atoms with Gasteiger partial charge in [0.05, 0.1) is 11.6 Å². The zero-order valence-corrected chi connectivity index (χ0v) is 15.2. The lowest BCUT2D eigenvalue weighted by Gasteiger charge is -2.33. The van der Waals surface area contributed by atoms with Crippen molar-refractivity contribution in [1.29, 1.82) is 0 Å². The SMILES string of the molecule is CCC(C(O)c1ccc(OC(C)=O)c2[nH]c(=O)ccc12)N(CC)CC. The van der Waals surface area contributed by atoms with E-state index in [9.17, 15) is 14.7 Å². The zero-order valence-electron chi connectivity index (χ0n) is 15.2. The molecule has 0 bridgehead atoms. The number of aliphatic hydroxyl groups excluding tert-OH is 1. The van der Waals surface area contributed by atoms with E-state index >= 15 is 0 Å². The number of carbonyl (C=O) groups excluding carboxylic acids is 1. The highest BCUT2D eigenvalue weighted by Gasteiger charge is 2.26. The first kappa shape index (κ1) is 19.1. The van der Waals surface area contributed by atoms with Gasteiger partial charge in [-0.15, -0.1) is 0 Å². The number of aliphatic hydroxyl groups is 1. The van der Waals surface area contributed by atoms with E-state index in [1.165, 1.54) is 13.0 Å². The molecule has 1 aromatic heterocycles. The van der Waals surface area contributed by atoms with E-state index in [4.69, 9.17) is 4.74 Å². The van der Waals surface area contributed by atoms with Crippen LogP contribution in [0.5, 0.6) is 5.75 Å². The van der Waals surface area contributed by atoms with E-state index in [2.05, 4.69) is 23.7 Å². The second-order valence-electron chi connectivity index (χ2n) is 6.00. The van der Waals surface area contributed by atoms with Gasteiger partial charge in [-0.05, 0) is 37.2 Å². The van der Waals surface area contributed by atoms with Gasteiger partial charge >= 0.3 is 5.97 Å². The van der Waals surface area contributed by atoms with Gasteiger partial charge in [0.1, 0.15) is 0 Å². The quantitative estimate of drug-likeness (QED) is 0.595. The number of nitrogens with one attached hydrogen (secondary N) is 1. The number of H-pyrrole nitrogens is 1. The van der Waals surface area contributed by atoms with E-state index in [0.29, 0.717) is 16.5 Å². The van der Waals surface area contributed by atoms with Crippen LogP contribution < -0.4 is 10.3 Å². The molecule has 0 amide bonds. The third kappa shape index (κ3) is 4.08. The van der Waals surface area contributed by atoms with Crippen LogP contribution in [-0.2, 0) is 4.79 Å². The molecule has 2 atom stereocenters. The minimum Gasteiger partial charge on any atom is -0.424 e. The molecule has 2 unspecified atom stereocenters. The average molecular weight is 346 g/mol. The first-order valence-corrected chi connectivity index (χ1v) is 8.69. The number of aromatic amines is 1. The van der Waals surface area contributed by atoms with Crippen molar-refractivity contribution >= 4 is 16.9 Å². The Kier molecular flexibility index (Phi) is 6.33. The van der Waals surface area contributed by atoms with E-state index < -0.39 is 12.1 Å². The summed E-state index contributed by atoms with van der Waals surface area (Å²) in [7, 11) is 0. The fourth-order valence-electron chi connectivity index (χ4n) is 3.33. The third-order valence-corrected chi connectivity index (χ3v) is 4.53. The van der Waals surface area contributed by atoms with E-state index in [0.717, 1.165) is 19.5 Å². The monoisotopic (exact) mass is 346 g/mol. The molecule has 0 radical (unpaired) electrons. The van der Waals surface area contributed by atoms with Crippen LogP contribution in [-0.4, -0.2) is 40.1 Å². The van der Waals surface area contributed by atoms with Crippen molar-refractivity contribution in [3.63, 3.8) is 0 Å². The minimum atomic E-state index is -0.718. The zero-order chi connectivity index (χ0) is 18.6. The number of aromatic nitrogens is 1. The van der Waals surface area contributed by atoms with E-state index in [1.807, 2.05) is 6.92 Å². The Labute approximate surface area is 147 Å². The smallest absolute Gasteiger partial charge is 0.308 e. The summed E-state index contributed by atoms with van der Waals surface area (Å²) in [5.74, 6) is -0.180. The van der Waals surface area contributed by atoms with Crippen molar-refractivity contribution < 1.29 is 14.6 Å². The number of esters is 1. The maximum absolute atomic E-state index is 11.7. The fourth-order valence-corrected chi connectivity index (χ4v) is 3.33. The summed E-state index contributed by atoms with van der Waals surface area (Å²) in [5, 5.41) is 11.7. The molecule has 0 saturated heterocycles. The van der Waals surface area contributed by atoms with Crippen molar-refractivity contribution in [3.05, 3.63) is 40.2 Å². The highest BCUT2D eigenvalue weighted by molar-refractivity contribution is 5.89. The van der Waals surface area contributed by atoms with Gasteiger partial charge in [0.2, 0.25) is 5.56 Å². The first-order chi connectivity index (χ1) is 11.9. The summed E-state index contributed by atoms with van der Waals surface area (Å²) >= 11 is 0. The van der Waals surface area contributed by atoms with E-state index in [-0.39, 0.29) is 17.4 Å². The molecule has 2 rings (SSSR count). The number of pyridine rings is 1. The Morgan fingerprint density at radius 3 is 2.44 bits per heavy atom. The number of fused-ring (bicyclic) bond motifs is 1. The van der Waals surface area contributed by atoms with Gasteiger partial charge in [-0.1, -0.05) is 26.8 Å². The average Bonchev–Trinajstić information content (AvgIpc) is 2.59. The Bertz CT molecular complexity index is 796. The molecule has 6 heteroatoms. The molecular formula is C19H26N2O4. The lowest BCUT2D eigenvalue weighted by atomic mass is 9.95. The summed E-state index contributed by atoms with van der Waals surface area (Å²) in [6.07, 6.45) is 0.0732. The number of ether oxygens (including phenoxy) is 1. The number of hydrogen-bond acceptors (Lipinski definition) is 5. The molecule has 2 aromatic rings. The Morgan fingerprint density at radius 1 is 1.20 bits per heavy atom. The molecule has 25 heavy (non-hydrogen) atoms. The second-order valence-corrected chi connectivity index (χ2v) is 6.00. The number of hydrogen-bond donors (Lipinski definition) is 2. The molecular weight excluding hydrogens is 320 g/mol. The van der Waals surface area contributed by atoms with Crippen molar-refractivity contribution in [3.8, 4) is 5.75 Å². The molecule has 0 aliphatic carbocycles. The number of benzene rings is 1. The predicted molar refractivity (Wildman–Crippen MR) is 97.8 cm³/mol. The number of carbonyl (C=O) groups is 1. The van der Waals surface area contributed by atoms with Gasteiger partial charge < -0.3 is 14.8 Å². The van der Waals surface area contributed by atoms with Crippen LogP contribution in [0.3, 0.4) is 0 Å². The summed E-state index contributed by atoms with van der Waals surface area (Å²) in [6, 6.07) is 6.41. The topological polar surface area (TPSA) is 82.6 Å². The first-order valence-electron chi connectivity index (χ1n) is 8.69. The van der Waals surface area contributed by atoms with Crippen LogP contribution in [0.4, 0.5) is 0 Å². The van der Waals surface area contributed by atoms with Gasteiger partial charge in [-0.3, -0.25) is 14.5 Å². The van der Waals surface area contributed by atoms with Crippen molar-refractivity contribution in [2.24, 2.45) is 0 Å². The summed E-state index contributed by atoms with van der Waals surface area (Å²) in [4.78, 5) is 28.0. The summed E-state index contributed by atoms with van der Waals surface area (Å²) in [5.41, 5.74) is 0.845. The Hall–Kier alpha value is -2.18. The molecule has 2 N–H and O–H groups in total. The highest BCUT2D eigenvalue weighted by atomic mass is 16.5. The Balaban J connectivity index is 2.58. The molecule has 6 nitrogen and oxygen atoms in total. The normalized spacial score (nSPS) is 13.8. The maximum Gasteiger partial charge on any atom is 0.308 e. The lowest BCUT2D eigenvalue weighted by molar-refractivity contribution is -0.131. The molecule has 0 saturated carbocycles. The lowest BCUT2D eigenvalue weighted by Crippen LogP contribution is -2.39. The standard InChI is InChI=1S/C19H26N2O4/c1-5-15(21(6-2)7-3)19(24)14-8-10-16(25-12(4)22)18-13(14)9-11-17(23)20-18/h8-11,15,19,24H,5-7H2,1-4H3,(H,20,23). The van der Waals surface area contributed by atoms with Gasteiger partial charge in [0, 0.05) is 24.4 Å². The molecule has 1 aromatic carbocycles. The van der Waals surface area contributed by atoms with Crippen LogP contribution in [0.2, 0.25) is 0 Å². The van der Waals surface area contributed by atoms with Crippen LogP contribution in [0.1, 0.15) is 45.8 Å². The van der Waals surface area contributed by atoms with Gasteiger partial charge in [-0.2, -0.15) is 0 Å². The highest BCUT2D eigenvalue weighted by Crippen LogP contribution is 2.33. The van der Waals surface area contributed by atoms with Gasteiger partial charge in [0.15, 0.2) is 5.75 Å².